The third-order valence-corrected chi connectivity index (χ3v) is 4.98. The molecule has 2 rings (SSSR count). The molecule has 2 heterocycles. The van der Waals surface area contributed by atoms with Crippen LogP contribution < -0.4 is 19.5 Å². The highest BCUT2D eigenvalue weighted by Gasteiger charge is 2.33. The van der Waals surface area contributed by atoms with Gasteiger partial charge in [-0.1, -0.05) is 11.6 Å². The SMILES string of the molecule is COC(=O)c1c(Cl)nn(C)c1S(=O)(=O)NC(=O)Nc1cc(OC)cc(OC)n1. The number of ether oxygens (including phenoxy) is 3. The van der Waals surface area contributed by atoms with Gasteiger partial charge in [-0.05, 0) is 0 Å². The molecule has 12 nitrogen and oxygen atoms in total. The van der Waals surface area contributed by atoms with Crippen LogP contribution in [0.5, 0.6) is 11.6 Å². The van der Waals surface area contributed by atoms with E-state index in [-0.39, 0.29) is 11.7 Å². The highest BCUT2D eigenvalue weighted by Crippen LogP contribution is 2.24. The van der Waals surface area contributed by atoms with Crippen molar-refractivity contribution in [2.45, 2.75) is 5.03 Å². The van der Waals surface area contributed by atoms with Crippen LogP contribution in [-0.4, -0.2) is 56.5 Å². The quantitative estimate of drug-likeness (QED) is 0.629. The molecule has 0 atom stereocenters. The van der Waals surface area contributed by atoms with E-state index in [1.165, 1.54) is 33.4 Å². The maximum atomic E-state index is 12.6. The van der Waals surface area contributed by atoms with Crippen LogP contribution in [0, 0.1) is 0 Å². The van der Waals surface area contributed by atoms with E-state index < -0.39 is 37.8 Å². The maximum absolute atomic E-state index is 12.6. The third kappa shape index (κ3) is 4.43. The summed E-state index contributed by atoms with van der Waals surface area (Å²) < 4.78 is 42.3. The van der Waals surface area contributed by atoms with E-state index in [9.17, 15) is 18.0 Å². The van der Waals surface area contributed by atoms with Crippen molar-refractivity contribution in [3.63, 3.8) is 0 Å². The number of esters is 1. The summed E-state index contributed by atoms with van der Waals surface area (Å²) in [5, 5.41) is 4.86. The van der Waals surface area contributed by atoms with Crippen LogP contribution in [0.15, 0.2) is 17.2 Å². The molecule has 2 aromatic heterocycles. The number of anilines is 1. The van der Waals surface area contributed by atoms with Gasteiger partial charge in [0.05, 0.1) is 21.3 Å². The molecule has 0 aliphatic rings. The predicted octanol–water partition coefficient (Wildman–Crippen LogP) is 0.783. The number of pyridine rings is 1. The fourth-order valence-corrected chi connectivity index (χ4v) is 3.70. The Bertz CT molecular complexity index is 999. The van der Waals surface area contributed by atoms with Gasteiger partial charge in [0.15, 0.2) is 10.2 Å². The topological polar surface area (TPSA) is 151 Å². The second-order valence-corrected chi connectivity index (χ2v) is 7.04. The highest BCUT2D eigenvalue weighted by molar-refractivity contribution is 7.90. The van der Waals surface area contributed by atoms with Gasteiger partial charge in [-0.25, -0.2) is 14.3 Å². The second-order valence-electron chi connectivity index (χ2n) is 5.08. The van der Waals surface area contributed by atoms with Gasteiger partial charge in [-0.2, -0.15) is 18.5 Å². The molecule has 0 spiro atoms. The van der Waals surface area contributed by atoms with Crippen molar-refractivity contribution < 1.29 is 32.2 Å². The van der Waals surface area contributed by atoms with Crippen molar-refractivity contribution >= 4 is 39.4 Å². The van der Waals surface area contributed by atoms with Gasteiger partial charge < -0.3 is 14.2 Å². The zero-order chi connectivity index (χ0) is 21.1. The molecule has 0 saturated carbocycles. The summed E-state index contributed by atoms with van der Waals surface area (Å²) in [6.45, 7) is 0. The van der Waals surface area contributed by atoms with Gasteiger partial charge in [0.2, 0.25) is 5.88 Å². The fraction of sp³-hybridized carbons (Fsp3) is 0.286. The highest BCUT2D eigenvalue weighted by atomic mass is 35.5. The first-order chi connectivity index (χ1) is 13.1. The Morgan fingerprint density at radius 3 is 2.43 bits per heavy atom. The average molecular weight is 434 g/mol. The summed E-state index contributed by atoms with van der Waals surface area (Å²) in [6, 6.07) is 1.64. The van der Waals surface area contributed by atoms with Crippen molar-refractivity contribution in [3.05, 3.63) is 22.8 Å². The minimum absolute atomic E-state index is 0.0415. The molecule has 0 fully saturated rings. The number of nitrogens with zero attached hydrogens (tertiary/aromatic N) is 3. The molecule has 2 amide bonds. The molecule has 28 heavy (non-hydrogen) atoms. The first-order valence-electron chi connectivity index (χ1n) is 7.37. The number of methoxy groups -OCH3 is 3. The van der Waals surface area contributed by atoms with Crippen molar-refractivity contribution in [2.75, 3.05) is 26.6 Å². The first-order valence-corrected chi connectivity index (χ1v) is 9.23. The van der Waals surface area contributed by atoms with Crippen LogP contribution in [0.4, 0.5) is 10.6 Å². The van der Waals surface area contributed by atoms with E-state index in [0.29, 0.717) is 5.75 Å². The molecule has 2 aromatic rings. The monoisotopic (exact) mass is 433 g/mol. The normalized spacial score (nSPS) is 10.9. The number of nitrogens with one attached hydrogen (secondary N) is 2. The van der Waals surface area contributed by atoms with E-state index >= 15 is 0 Å². The van der Waals surface area contributed by atoms with Crippen LogP contribution in [0.1, 0.15) is 10.4 Å². The van der Waals surface area contributed by atoms with Crippen molar-refractivity contribution in [1.29, 1.82) is 0 Å². The summed E-state index contributed by atoms with van der Waals surface area (Å²) >= 11 is 5.80. The number of sulfonamides is 1. The number of hydrogen-bond donors (Lipinski definition) is 2. The Balaban J connectivity index is 2.31. The van der Waals surface area contributed by atoms with Gasteiger partial charge in [0.1, 0.15) is 17.1 Å². The Morgan fingerprint density at radius 1 is 1.18 bits per heavy atom. The number of hydrogen-bond acceptors (Lipinski definition) is 9. The molecule has 0 bridgehead atoms. The number of aryl methyl sites for hydroxylation is 1. The van der Waals surface area contributed by atoms with E-state index in [1.54, 1.807) is 4.72 Å². The van der Waals surface area contributed by atoms with E-state index in [4.69, 9.17) is 21.1 Å². The minimum atomic E-state index is -4.54. The molecule has 2 N–H and O–H groups in total. The number of aromatic nitrogens is 3. The summed E-state index contributed by atoms with van der Waals surface area (Å²) in [4.78, 5) is 28.0. The number of urea groups is 1. The van der Waals surface area contributed by atoms with Crippen molar-refractivity contribution in [1.82, 2.24) is 19.5 Å². The summed E-state index contributed by atoms with van der Waals surface area (Å²) in [7, 11) is 0.487. The summed E-state index contributed by atoms with van der Waals surface area (Å²) in [5.41, 5.74) is -0.506. The van der Waals surface area contributed by atoms with Crippen LogP contribution in [0.2, 0.25) is 5.15 Å². The van der Waals surface area contributed by atoms with Crippen LogP contribution in [0.25, 0.3) is 0 Å². The number of carbonyl (C=O) groups is 2. The Hall–Kier alpha value is -3.06. The second kappa shape index (κ2) is 8.31. The lowest BCUT2D eigenvalue weighted by molar-refractivity contribution is 0.0596. The minimum Gasteiger partial charge on any atom is -0.496 e. The number of carbonyl (C=O) groups excluding carboxylic acids is 2. The molecule has 0 radical (unpaired) electrons. The van der Waals surface area contributed by atoms with Gasteiger partial charge in [-0.3, -0.25) is 10.00 Å². The fourth-order valence-electron chi connectivity index (χ4n) is 2.14. The van der Waals surface area contributed by atoms with Gasteiger partial charge >= 0.3 is 12.0 Å². The standard InChI is InChI=1S/C14H16ClN5O7S/c1-20-12(10(11(15)18-20)13(21)27-4)28(23,24)19-14(22)17-8-5-7(25-2)6-9(16-8)26-3/h5-6H,1-4H3,(H2,16,17,19,22). The smallest absolute Gasteiger partial charge is 0.344 e. The molecule has 14 heteroatoms. The zero-order valence-electron chi connectivity index (χ0n) is 15.1. The number of halogens is 1. The van der Waals surface area contributed by atoms with E-state index in [2.05, 4.69) is 20.1 Å². The van der Waals surface area contributed by atoms with Crippen molar-refractivity contribution in [2.24, 2.45) is 7.05 Å². The summed E-state index contributed by atoms with van der Waals surface area (Å²) in [5.74, 6) is -0.626. The van der Waals surface area contributed by atoms with Crippen molar-refractivity contribution in [3.8, 4) is 11.6 Å². The number of amides is 2. The lowest BCUT2D eigenvalue weighted by atomic mass is 10.4. The lowest BCUT2D eigenvalue weighted by Crippen LogP contribution is -2.36. The zero-order valence-corrected chi connectivity index (χ0v) is 16.7. The maximum Gasteiger partial charge on any atom is 0.344 e. The van der Waals surface area contributed by atoms with E-state index in [0.717, 1.165) is 11.8 Å². The Kier molecular flexibility index (Phi) is 6.30. The largest absolute Gasteiger partial charge is 0.496 e. The van der Waals surface area contributed by atoms with Crippen LogP contribution in [-0.2, 0) is 21.8 Å². The van der Waals surface area contributed by atoms with Gasteiger partial charge in [-0.15, -0.1) is 0 Å². The van der Waals surface area contributed by atoms with E-state index in [1.807, 2.05) is 0 Å². The summed E-state index contributed by atoms with van der Waals surface area (Å²) in [6.07, 6.45) is 0. The van der Waals surface area contributed by atoms with Gasteiger partial charge in [0, 0.05) is 19.2 Å². The molecule has 152 valence electrons. The van der Waals surface area contributed by atoms with Gasteiger partial charge in [0.25, 0.3) is 10.0 Å². The first kappa shape index (κ1) is 21.2. The average Bonchev–Trinajstić information content (AvgIpc) is 2.94. The van der Waals surface area contributed by atoms with Crippen LogP contribution >= 0.6 is 11.6 Å². The molecule has 0 saturated heterocycles. The molecule has 0 aromatic carbocycles. The molecule has 0 aliphatic heterocycles. The molecule has 0 unspecified atom stereocenters. The molecular formula is C14H16ClN5O7S. The molecule has 0 aliphatic carbocycles. The Labute approximate surface area is 164 Å². The Morgan fingerprint density at radius 2 is 1.86 bits per heavy atom. The number of rotatable bonds is 6. The van der Waals surface area contributed by atoms with Crippen LogP contribution in [0.3, 0.4) is 0 Å². The third-order valence-electron chi connectivity index (χ3n) is 3.28. The molecular weight excluding hydrogens is 418 g/mol. The lowest BCUT2D eigenvalue weighted by Gasteiger charge is -2.11. The predicted molar refractivity (Wildman–Crippen MR) is 96.2 cm³/mol.